The SMILES string of the molecule is COC(=O)NC(=O)CN(C)CC1CC(O)C1. The highest BCUT2D eigenvalue weighted by Crippen LogP contribution is 2.27. The minimum absolute atomic E-state index is 0.154. The number of ether oxygens (including phenoxy) is 1. The maximum Gasteiger partial charge on any atom is 0.413 e. The Balaban J connectivity index is 2.15. The third-order valence-electron chi connectivity index (χ3n) is 2.62. The molecule has 0 radical (unpaired) electrons. The number of carbonyl (C=O) groups excluding carboxylic acids is 2. The zero-order valence-corrected chi connectivity index (χ0v) is 9.60. The number of carbonyl (C=O) groups is 2. The van der Waals surface area contributed by atoms with Crippen molar-refractivity contribution in [2.45, 2.75) is 18.9 Å². The van der Waals surface area contributed by atoms with Gasteiger partial charge in [0.1, 0.15) is 0 Å². The van der Waals surface area contributed by atoms with Crippen LogP contribution in [0.25, 0.3) is 0 Å². The Morgan fingerprint density at radius 3 is 2.62 bits per heavy atom. The number of imide groups is 1. The Bertz CT molecular complexity index is 264. The molecule has 1 fully saturated rings. The van der Waals surface area contributed by atoms with Crippen LogP contribution >= 0.6 is 0 Å². The van der Waals surface area contributed by atoms with E-state index in [1.165, 1.54) is 7.11 Å². The van der Waals surface area contributed by atoms with Crippen molar-refractivity contribution < 1.29 is 19.4 Å². The number of aliphatic hydroxyl groups excluding tert-OH is 1. The molecule has 1 saturated carbocycles. The molecule has 0 unspecified atom stereocenters. The Kier molecular flexibility index (Phi) is 4.70. The Morgan fingerprint density at radius 1 is 1.50 bits per heavy atom. The highest BCUT2D eigenvalue weighted by atomic mass is 16.5. The fraction of sp³-hybridized carbons (Fsp3) is 0.800. The Labute approximate surface area is 94.6 Å². The molecule has 0 aromatic rings. The van der Waals surface area contributed by atoms with Crippen LogP contribution in [0.15, 0.2) is 0 Å². The van der Waals surface area contributed by atoms with Gasteiger partial charge in [0.2, 0.25) is 5.91 Å². The standard InChI is InChI=1S/C10H18N2O4/c1-12(5-7-3-8(13)4-7)6-9(14)11-10(15)16-2/h7-8,13H,3-6H2,1-2H3,(H,11,14,15). The van der Waals surface area contributed by atoms with E-state index < -0.39 is 6.09 Å². The molecule has 0 heterocycles. The van der Waals surface area contributed by atoms with E-state index in [4.69, 9.17) is 5.11 Å². The minimum Gasteiger partial charge on any atom is -0.453 e. The highest BCUT2D eigenvalue weighted by Gasteiger charge is 2.28. The first-order chi connectivity index (χ1) is 7.51. The summed E-state index contributed by atoms with van der Waals surface area (Å²) in [7, 11) is 3.02. The lowest BCUT2D eigenvalue weighted by Gasteiger charge is -2.34. The monoisotopic (exact) mass is 230 g/mol. The zero-order chi connectivity index (χ0) is 12.1. The molecule has 0 saturated heterocycles. The average Bonchev–Trinajstić information content (AvgIpc) is 2.14. The van der Waals surface area contributed by atoms with Crippen molar-refractivity contribution in [1.82, 2.24) is 10.2 Å². The van der Waals surface area contributed by atoms with Crippen LogP contribution < -0.4 is 5.32 Å². The van der Waals surface area contributed by atoms with Gasteiger partial charge in [-0.2, -0.15) is 0 Å². The molecule has 0 bridgehead atoms. The lowest BCUT2D eigenvalue weighted by Crippen LogP contribution is -2.42. The van der Waals surface area contributed by atoms with E-state index >= 15 is 0 Å². The summed E-state index contributed by atoms with van der Waals surface area (Å²) < 4.78 is 4.31. The zero-order valence-electron chi connectivity index (χ0n) is 9.60. The maximum absolute atomic E-state index is 11.3. The quantitative estimate of drug-likeness (QED) is 0.685. The second-order valence-electron chi connectivity index (χ2n) is 4.23. The molecule has 1 aliphatic carbocycles. The second kappa shape index (κ2) is 5.81. The largest absolute Gasteiger partial charge is 0.453 e. The van der Waals surface area contributed by atoms with E-state index in [-0.39, 0.29) is 18.6 Å². The van der Waals surface area contributed by atoms with Crippen molar-refractivity contribution in [3.05, 3.63) is 0 Å². The van der Waals surface area contributed by atoms with E-state index in [0.717, 1.165) is 19.4 Å². The van der Waals surface area contributed by atoms with Crippen LogP contribution in [-0.2, 0) is 9.53 Å². The second-order valence-corrected chi connectivity index (χ2v) is 4.23. The van der Waals surface area contributed by atoms with Crippen LogP contribution in [0.4, 0.5) is 4.79 Å². The van der Waals surface area contributed by atoms with Gasteiger partial charge in [0.25, 0.3) is 0 Å². The van der Waals surface area contributed by atoms with Gasteiger partial charge in [0, 0.05) is 6.54 Å². The van der Waals surface area contributed by atoms with Gasteiger partial charge in [-0.15, -0.1) is 0 Å². The minimum atomic E-state index is -0.738. The van der Waals surface area contributed by atoms with Gasteiger partial charge in [-0.25, -0.2) is 4.79 Å². The number of nitrogens with zero attached hydrogens (tertiary/aromatic N) is 1. The summed E-state index contributed by atoms with van der Waals surface area (Å²) in [5.74, 6) is 0.0696. The number of nitrogens with one attached hydrogen (secondary N) is 1. The highest BCUT2D eigenvalue weighted by molar-refractivity contribution is 5.92. The molecular formula is C10H18N2O4. The molecule has 6 nitrogen and oxygen atoms in total. The molecule has 2 N–H and O–H groups in total. The van der Waals surface area contributed by atoms with Crippen molar-refractivity contribution in [2.75, 3.05) is 27.2 Å². The van der Waals surface area contributed by atoms with Crippen LogP contribution in [0.5, 0.6) is 0 Å². The molecule has 1 aliphatic rings. The summed E-state index contributed by atoms with van der Waals surface area (Å²) in [4.78, 5) is 23.8. The summed E-state index contributed by atoms with van der Waals surface area (Å²) in [6.07, 6.45) is 0.672. The molecule has 2 amide bonds. The summed E-state index contributed by atoms with van der Waals surface area (Å²) in [6, 6.07) is 0. The molecule has 0 aromatic heterocycles. The summed E-state index contributed by atoms with van der Waals surface area (Å²) in [5, 5.41) is 11.2. The molecule has 0 aliphatic heterocycles. The smallest absolute Gasteiger partial charge is 0.413 e. The molecule has 0 spiro atoms. The van der Waals surface area contributed by atoms with Gasteiger partial charge < -0.3 is 9.84 Å². The van der Waals surface area contributed by atoms with Gasteiger partial charge >= 0.3 is 6.09 Å². The lowest BCUT2D eigenvalue weighted by atomic mass is 9.82. The van der Waals surface area contributed by atoms with Crippen molar-refractivity contribution in [3.8, 4) is 0 Å². The van der Waals surface area contributed by atoms with E-state index in [1.807, 2.05) is 11.9 Å². The first kappa shape index (κ1) is 12.9. The van der Waals surface area contributed by atoms with Gasteiger partial charge in [0.15, 0.2) is 0 Å². The number of amides is 2. The predicted molar refractivity (Wildman–Crippen MR) is 56.8 cm³/mol. The van der Waals surface area contributed by atoms with Crippen LogP contribution in [0.2, 0.25) is 0 Å². The van der Waals surface area contributed by atoms with E-state index in [0.29, 0.717) is 5.92 Å². The van der Waals surface area contributed by atoms with Crippen LogP contribution in [0.1, 0.15) is 12.8 Å². The van der Waals surface area contributed by atoms with Crippen LogP contribution in [-0.4, -0.2) is 55.4 Å². The lowest BCUT2D eigenvalue weighted by molar-refractivity contribution is -0.121. The molecule has 16 heavy (non-hydrogen) atoms. The third kappa shape index (κ3) is 4.16. The predicted octanol–water partition coefficient (Wildman–Crippen LogP) is -0.428. The normalized spacial score (nSPS) is 23.8. The number of hydrogen-bond acceptors (Lipinski definition) is 5. The van der Waals surface area contributed by atoms with Crippen LogP contribution in [0.3, 0.4) is 0 Å². The van der Waals surface area contributed by atoms with Gasteiger partial charge in [-0.3, -0.25) is 15.0 Å². The fourth-order valence-corrected chi connectivity index (χ4v) is 1.80. The summed E-state index contributed by atoms with van der Waals surface area (Å²) in [6.45, 7) is 0.910. The maximum atomic E-state index is 11.3. The van der Waals surface area contributed by atoms with Crippen molar-refractivity contribution in [1.29, 1.82) is 0 Å². The van der Waals surface area contributed by atoms with E-state index in [9.17, 15) is 9.59 Å². The summed E-state index contributed by atoms with van der Waals surface area (Å²) >= 11 is 0. The molecular weight excluding hydrogens is 212 g/mol. The first-order valence-electron chi connectivity index (χ1n) is 5.25. The number of methoxy groups -OCH3 is 1. The van der Waals surface area contributed by atoms with E-state index in [2.05, 4.69) is 10.1 Å². The Hall–Kier alpha value is -1.14. The molecule has 6 heteroatoms. The van der Waals surface area contributed by atoms with Crippen LogP contribution in [0, 0.1) is 5.92 Å². The van der Waals surface area contributed by atoms with Crippen molar-refractivity contribution in [3.63, 3.8) is 0 Å². The van der Waals surface area contributed by atoms with Gasteiger partial charge in [-0.05, 0) is 25.8 Å². The number of aliphatic hydroxyl groups is 1. The first-order valence-corrected chi connectivity index (χ1v) is 5.25. The van der Waals surface area contributed by atoms with Gasteiger partial charge in [-0.1, -0.05) is 0 Å². The molecule has 1 rings (SSSR count). The molecule has 0 aromatic carbocycles. The third-order valence-corrected chi connectivity index (χ3v) is 2.62. The number of hydrogen-bond donors (Lipinski definition) is 2. The van der Waals surface area contributed by atoms with Crippen molar-refractivity contribution in [2.24, 2.45) is 5.92 Å². The van der Waals surface area contributed by atoms with E-state index in [1.54, 1.807) is 0 Å². The molecule has 92 valence electrons. The van der Waals surface area contributed by atoms with Crippen molar-refractivity contribution >= 4 is 12.0 Å². The Morgan fingerprint density at radius 2 is 2.12 bits per heavy atom. The van der Waals surface area contributed by atoms with Gasteiger partial charge in [0.05, 0.1) is 19.8 Å². The fourth-order valence-electron chi connectivity index (χ4n) is 1.80. The number of rotatable bonds is 4. The number of likely N-dealkylation sites (N-methyl/N-ethyl adjacent to an activating group) is 1. The number of alkyl carbamates (subject to hydrolysis) is 1. The average molecular weight is 230 g/mol. The topological polar surface area (TPSA) is 78.9 Å². The molecule has 0 atom stereocenters. The summed E-state index contributed by atoms with van der Waals surface area (Å²) in [5.41, 5.74) is 0.